The molecule has 6 nitrogen and oxygen atoms in total. The van der Waals surface area contributed by atoms with Gasteiger partial charge in [0.25, 0.3) is 5.56 Å². The summed E-state index contributed by atoms with van der Waals surface area (Å²) in [5, 5.41) is 7.91. The molecular formula is C18H25N5O. The van der Waals surface area contributed by atoms with E-state index in [1.54, 1.807) is 16.8 Å². The second-order valence-corrected chi connectivity index (χ2v) is 6.86. The number of rotatable bonds is 4. The molecule has 1 aliphatic carbocycles. The molecule has 0 saturated heterocycles. The molecule has 0 unspecified atom stereocenters. The first kappa shape index (κ1) is 16.6. The summed E-state index contributed by atoms with van der Waals surface area (Å²) in [7, 11) is 0. The van der Waals surface area contributed by atoms with Crippen LogP contribution in [-0.2, 0) is 0 Å². The molecule has 0 spiro atoms. The van der Waals surface area contributed by atoms with Crippen molar-refractivity contribution in [3.8, 4) is 0 Å². The summed E-state index contributed by atoms with van der Waals surface area (Å²) in [6, 6.07) is 5.89. The third-order valence-corrected chi connectivity index (χ3v) is 4.54. The van der Waals surface area contributed by atoms with Gasteiger partial charge in [-0.1, -0.05) is 13.8 Å². The van der Waals surface area contributed by atoms with E-state index in [1.165, 1.54) is 0 Å². The van der Waals surface area contributed by atoms with Crippen molar-refractivity contribution in [3.05, 3.63) is 46.3 Å². The number of anilines is 1. The number of aryl methyl sites for hydroxylation is 1. The van der Waals surface area contributed by atoms with Gasteiger partial charge in [0.1, 0.15) is 11.6 Å². The number of hydrogen-bond acceptors (Lipinski definition) is 5. The average Bonchev–Trinajstić information content (AvgIpc) is 2.58. The molecule has 0 aromatic carbocycles. The fraction of sp³-hybridized carbons (Fsp3) is 0.556. The molecule has 3 rings (SSSR count). The minimum absolute atomic E-state index is 0.00520. The SMILES string of the molecule is Cc1ccc(=O)n(C2CCC(Nc3ccnc(C(C)C)n3)CC2)n1. The van der Waals surface area contributed by atoms with E-state index >= 15 is 0 Å². The first-order chi connectivity index (χ1) is 11.5. The predicted octanol–water partition coefficient (Wildman–Crippen LogP) is 3.06. The van der Waals surface area contributed by atoms with Crippen molar-refractivity contribution in [2.45, 2.75) is 64.5 Å². The van der Waals surface area contributed by atoms with Gasteiger partial charge in [-0.05, 0) is 44.7 Å². The van der Waals surface area contributed by atoms with Gasteiger partial charge in [0.2, 0.25) is 0 Å². The lowest BCUT2D eigenvalue weighted by molar-refractivity contribution is 0.302. The van der Waals surface area contributed by atoms with Gasteiger partial charge in [-0.15, -0.1) is 0 Å². The fourth-order valence-corrected chi connectivity index (χ4v) is 3.19. The highest BCUT2D eigenvalue weighted by molar-refractivity contribution is 5.34. The lowest BCUT2D eigenvalue weighted by atomic mass is 9.91. The fourth-order valence-electron chi connectivity index (χ4n) is 3.19. The van der Waals surface area contributed by atoms with E-state index in [-0.39, 0.29) is 11.6 Å². The van der Waals surface area contributed by atoms with Crippen molar-refractivity contribution in [1.82, 2.24) is 19.7 Å². The summed E-state index contributed by atoms with van der Waals surface area (Å²) in [5.74, 6) is 2.08. The number of aromatic nitrogens is 4. The monoisotopic (exact) mass is 327 g/mol. The number of nitrogens with one attached hydrogen (secondary N) is 1. The minimum Gasteiger partial charge on any atom is -0.367 e. The molecule has 1 saturated carbocycles. The van der Waals surface area contributed by atoms with Crippen LogP contribution in [0.15, 0.2) is 29.2 Å². The molecule has 128 valence electrons. The molecule has 2 aromatic rings. The smallest absolute Gasteiger partial charge is 0.267 e. The lowest BCUT2D eigenvalue weighted by Gasteiger charge is -2.30. The molecule has 2 heterocycles. The van der Waals surface area contributed by atoms with E-state index in [0.717, 1.165) is 43.0 Å². The Balaban J connectivity index is 1.62. The van der Waals surface area contributed by atoms with Crippen LogP contribution < -0.4 is 10.9 Å². The van der Waals surface area contributed by atoms with E-state index in [9.17, 15) is 4.79 Å². The van der Waals surface area contributed by atoms with Crippen LogP contribution in [-0.4, -0.2) is 25.8 Å². The standard InChI is InChI=1S/C18H25N5O/c1-12(2)18-19-11-10-16(21-18)20-14-5-7-15(8-6-14)23-17(24)9-4-13(3)22-23/h4,9-12,14-15H,5-8H2,1-3H3,(H,19,20,21). The van der Waals surface area contributed by atoms with E-state index in [2.05, 4.69) is 34.2 Å². The maximum atomic E-state index is 12.0. The summed E-state index contributed by atoms with van der Waals surface area (Å²) in [6.07, 6.45) is 5.74. The van der Waals surface area contributed by atoms with Gasteiger partial charge in [-0.3, -0.25) is 4.79 Å². The average molecular weight is 327 g/mol. The van der Waals surface area contributed by atoms with E-state index < -0.39 is 0 Å². The normalized spacial score (nSPS) is 21.0. The molecule has 1 fully saturated rings. The Bertz CT molecular complexity index is 747. The van der Waals surface area contributed by atoms with Gasteiger partial charge in [-0.25, -0.2) is 14.6 Å². The molecule has 1 aliphatic rings. The third-order valence-electron chi connectivity index (χ3n) is 4.54. The van der Waals surface area contributed by atoms with Gasteiger partial charge in [-0.2, -0.15) is 5.10 Å². The summed E-state index contributed by atoms with van der Waals surface area (Å²) in [5.41, 5.74) is 0.881. The Morgan fingerprint density at radius 3 is 2.62 bits per heavy atom. The van der Waals surface area contributed by atoms with Crippen LogP contribution >= 0.6 is 0 Å². The van der Waals surface area contributed by atoms with Crippen molar-refractivity contribution < 1.29 is 0 Å². The zero-order valence-electron chi connectivity index (χ0n) is 14.6. The van der Waals surface area contributed by atoms with Crippen molar-refractivity contribution in [1.29, 1.82) is 0 Å². The molecule has 24 heavy (non-hydrogen) atoms. The number of hydrogen-bond donors (Lipinski definition) is 1. The van der Waals surface area contributed by atoms with Crippen LogP contribution in [0.3, 0.4) is 0 Å². The van der Waals surface area contributed by atoms with Crippen LogP contribution in [0.2, 0.25) is 0 Å². The first-order valence-corrected chi connectivity index (χ1v) is 8.69. The molecule has 0 atom stereocenters. The van der Waals surface area contributed by atoms with Crippen molar-refractivity contribution in [2.24, 2.45) is 0 Å². The maximum Gasteiger partial charge on any atom is 0.267 e. The zero-order valence-corrected chi connectivity index (χ0v) is 14.6. The summed E-state index contributed by atoms with van der Waals surface area (Å²) >= 11 is 0. The van der Waals surface area contributed by atoms with Crippen molar-refractivity contribution in [2.75, 3.05) is 5.32 Å². The van der Waals surface area contributed by atoms with Gasteiger partial charge >= 0.3 is 0 Å². The molecular weight excluding hydrogens is 302 g/mol. The van der Waals surface area contributed by atoms with Crippen LogP contribution in [0.25, 0.3) is 0 Å². The zero-order chi connectivity index (χ0) is 17.1. The Labute approximate surface area is 142 Å². The van der Waals surface area contributed by atoms with Gasteiger partial charge in [0, 0.05) is 24.2 Å². The third kappa shape index (κ3) is 3.80. The van der Waals surface area contributed by atoms with E-state index in [4.69, 9.17) is 0 Å². The highest BCUT2D eigenvalue weighted by Crippen LogP contribution is 2.28. The van der Waals surface area contributed by atoms with Gasteiger partial charge < -0.3 is 5.32 Å². The molecule has 1 N–H and O–H groups in total. The highest BCUT2D eigenvalue weighted by Gasteiger charge is 2.24. The van der Waals surface area contributed by atoms with Crippen LogP contribution in [0.1, 0.15) is 63.0 Å². The van der Waals surface area contributed by atoms with Crippen LogP contribution in [0, 0.1) is 6.92 Å². The van der Waals surface area contributed by atoms with Gasteiger partial charge in [0.15, 0.2) is 0 Å². The lowest BCUT2D eigenvalue weighted by Crippen LogP contribution is -2.33. The summed E-state index contributed by atoms with van der Waals surface area (Å²) in [6.45, 7) is 6.11. The quantitative estimate of drug-likeness (QED) is 0.934. The van der Waals surface area contributed by atoms with Crippen LogP contribution in [0.4, 0.5) is 5.82 Å². The molecule has 6 heteroatoms. The maximum absolute atomic E-state index is 12.0. The van der Waals surface area contributed by atoms with E-state index in [1.807, 2.05) is 19.2 Å². The van der Waals surface area contributed by atoms with Crippen LogP contribution in [0.5, 0.6) is 0 Å². The Kier molecular flexibility index (Phi) is 4.92. The first-order valence-electron chi connectivity index (χ1n) is 8.69. The molecule has 0 radical (unpaired) electrons. The topological polar surface area (TPSA) is 72.7 Å². The summed E-state index contributed by atoms with van der Waals surface area (Å²) < 4.78 is 1.66. The number of nitrogens with zero attached hydrogens (tertiary/aromatic N) is 4. The van der Waals surface area contributed by atoms with Crippen molar-refractivity contribution in [3.63, 3.8) is 0 Å². The summed E-state index contributed by atoms with van der Waals surface area (Å²) in [4.78, 5) is 20.9. The van der Waals surface area contributed by atoms with E-state index in [0.29, 0.717) is 12.0 Å². The molecule has 0 amide bonds. The Hall–Kier alpha value is -2.24. The minimum atomic E-state index is -0.00520. The Morgan fingerprint density at radius 2 is 1.92 bits per heavy atom. The predicted molar refractivity (Wildman–Crippen MR) is 94.3 cm³/mol. The molecule has 0 bridgehead atoms. The molecule has 0 aliphatic heterocycles. The highest BCUT2D eigenvalue weighted by atomic mass is 16.1. The molecule has 2 aromatic heterocycles. The largest absolute Gasteiger partial charge is 0.367 e. The van der Waals surface area contributed by atoms with Crippen molar-refractivity contribution >= 4 is 5.82 Å². The Morgan fingerprint density at radius 1 is 1.17 bits per heavy atom. The second-order valence-electron chi connectivity index (χ2n) is 6.86. The van der Waals surface area contributed by atoms with Gasteiger partial charge in [0.05, 0.1) is 11.7 Å². The second kappa shape index (κ2) is 7.11.